The van der Waals surface area contributed by atoms with Gasteiger partial charge in [-0.3, -0.25) is 9.48 Å². The molecule has 0 bridgehead atoms. The molecule has 2 aromatic rings. The minimum atomic E-state index is -1.28. The summed E-state index contributed by atoms with van der Waals surface area (Å²) in [5.41, 5.74) is -1.21. The van der Waals surface area contributed by atoms with Gasteiger partial charge in [0, 0.05) is 5.02 Å². The smallest absolute Gasteiger partial charge is 0.314 e. The summed E-state index contributed by atoms with van der Waals surface area (Å²) in [4.78, 5) is 16.4. The number of esters is 1. The SMILES string of the molecule is COC(=O)[C@]1(C)CC[C@H](Cc2ccc(Cl)cc2)[C@@]1(O)Cn1cncn1. The highest BCUT2D eigenvalue weighted by molar-refractivity contribution is 6.30. The molecular weight excluding hydrogens is 342 g/mol. The van der Waals surface area contributed by atoms with E-state index in [2.05, 4.69) is 10.1 Å². The summed E-state index contributed by atoms with van der Waals surface area (Å²) >= 11 is 5.96. The summed E-state index contributed by atoms with van der Waals surface area (Å²) in [7, 11) is 1.36. The monoisotopic (exact) mass is 363 g/mol. The second kappa shape index (κ2) is 6.77. The second-order valence-electron chi connectivity index (χ2n) is 6.91. The second-order valence-corrected chi connectivity index (χ2v) is 7.34. The molecule has 0 aliphatic heterocycles. The Morgan fingerprint density at radius 1 is 1.44 bits per heavy atom. The molecule has 1 aromatic heterocycles. The number of aromatic nitrogens is 3. The van der Waals surface area contributed by atoms with E-state index in [4.69, 9.17) is 16.3 Å². The summed E-state index contributed by atoms with van der Waals surface area (Å²) in [6.45, 7) is 1.97. The summed E-state index contributed by atoms with van der Waals surface area (Å²) in [5.74, 6) is -0.504. The quantitative estimate of drug-likeness (QED) is 0.826. The first-order chi connectivity index (χ1) is 11.9. The number of hydrogen-bond acceptors (Lipinski definition) is 5. The van der Waals surface area contributed by atoms with Crippen molar-refractivity contribution in [3.05, 3.63) is 47.5 Å². The largest absolute Gasteiger partial charge is 0.469 e. The van der Waals surface area contributed by atoms with E-state index in [9.17, 15) is 9.90 Å². The highest BCUT2D eigenvalue weighted by atomic mass is 35.5. The van der Waals surface area contributed by atoms with Crippen LogP contribution in [0.1, 0.15) is 25.3 Å². The van der Waals surface area contributed by atoms with Gasteiger partial charge in [-0.25, -0.2) is 4.98 Å². The van der Waals surface area contributed by atoms with Gasteiger partial charge in [0.2, 0.25) is 0 Å². The maximum Gasteiger partial charge on any atom is 0.314 e. The van der Waals surface area contributed by atoms with E-state index in [1.54, 1.807) is 17.9 Å². The third-order valence-electron chi connectivity index (χ3n) is 5.52. The van der Waals surface area contributed by atoms with Gasteiger partial charge in [0.1, 0.15) is 18.3 Å². The number of methoxy groups -OCH3 is 1. The molecule has 0 spiro atoms. The van der Waals surface area contributed by atoms with Gasteiger partial charge in [-0.15, -0.1) is 0 Å². The first kappa shape index (κ1) is 17.9. The predicted molar refractivity (Wildman–Crippen MR) is 93.0 cm³/mol. The lowest BCUT2D eigenvalue weighted by Gasteiger charge is -2.40. The summed E-state index contributed by atoms with van der Waals surface area (Å²) < 4.78 is 6.58. The number of ether oxygens (including phenoxy) is 1. The van der Waals surface area contributed by atoms with Crippen molar-refractivity contribution in [1.82, 2.24) is 14.8 Å². The maximum absolute atomic E-state index is 12.5. The molecule has 0 amide bonds. The van der Waals surface area contributed by atoms with E-state index < -0.39 is 17.0 Å². The Morgan fingerprint density at radius 3 is 2.76 bits per heavy atom. The van der Waals surface area contributed by atoms with Crippen molar-refractivity contribution >= 4 is 17.6 Å². The molecule has 1 aliphatic rings. The van der Waals surface area contributed by atoms with Crippen molar-refractivity contribution < 1.29 is 14.6 Å². The van der Waals surface area contributed by atoms with E-state index in [0.717, 1.165) is 12.0 Å². The minimum Gasteiger partial charge on any atom is -0.469 e. The molecule has 1 N–H and O–H groups in total. The standard InChI is InChI=1S/C18H22ClN3O3/c1-17(16(23)25-2)8-7-14(9-13-3-5-15(19)6-4-13)18(17,24)10-22-12-20-11-21-22/h3-6,11-12,14,24H,7-10H2,1-2H3/t14-,17+,18+/m1/s1. The third-order valence-corrected chi connectivity index (χ3v) is 5.78. The number of aliphatic hydroxyl groups is 1. The van der Waals surface area contributed by atoms with Crippen LogP contribution in [0.4, 0.5) is 0 Å². The number of benzene rings is 1. The van der Waals surface area contributed by atoms with Crippen LogP contribution in [0.25, 0.3) is 0 Å². The Balaban J connectivity index is 1.93. The average Bonchev–Trinajstić information content (AvgIpc) is 3.19. The zero-order chi connectivity index (χ0) is 18.1. The lowest BCUT2D eigenvalue weighted by Crippen LogP contribution is -2.54. The fourth-order valence-corrected chi connectivity index (χ4v) is 4.04. The van der Waals surface area contributed by atoms with Crippen LogP contribution in [-0.2, 0) is 22.5 Å². The molecule has 1 heterocycles. The topological polar surface area (TPSA) is 77.2 Å². The van der Waals surface area contributed by atoms with Crippen molar-refractivity contribution in [1.29, 1.82) is 0 Å². The van der Waals surface area contributed by atoms with Gasteiger partial charge in [-0.05, 0) is 49.8 Å². The molecule has 1 saturated carbocycles. The van der Waals surface area contributed by atoms with Gasteiger partial charge in [-0.1, -0.05) is 23.7 Å². The molecular formula is C18H22ClN3O3. The van der Waals surface area contributed by atoms with E-state index in [-0.39, 0.29) is 12.5 Å². The molecule has 0 saturated heterocycles. The lowest BCUT2D eigenvalue weighted by atomic mass is 9.71. The van der Waals surface area contributed by atoms with Crippen LogP contribution in [0.3, 0.4) is 0 Å². The van der Waals surface area contributed by atoms with Gasteiger partial charge in [0.15, 0.2) is 0 Å². The van der Waals surface area contributed by atoms with Crippen LogP contribution < -0.4 is 0 Å². The Labute approximate surface area is 151 Å². The highest BCUT2D eigenvalue weighted by Gasteiger charge is 2.61. The molecule has 25 heavy (non-hydrogen) atoms. The zero-order valence-electron chi connectivity index (χ0n) is 14.4. The van der Waals surface area contributed by atoms with Crippen LogP contribution in [0.5, 0.6) is 0 Å². The number of halogens is 1. The third kappa shape index (κ3) is 3.16. The Kier molecular flexibility index (Phi) is 4.84. The maximum atomic E-state index is 12.5. The van der Waals surface area contributed by atoms with Crippen LogP contribution >= 0.6 is 11.6 Å². The van der Waals surface area contributed by atoms with Gasteiger partial charge in [0.05, 0.1) is 19.1 Å². The fourth-order valence-electron chi connectivity index (χ4n) is 3.91. The summed E-state index contributed by atoms with van der Waals surface area (Å²) in [6.07, 6.45) is 4.90. The van der Waals surface area contributed by atoms with Crippen molar-refractivity contribution in [2.75, 3.05) is 7.11 Å². The molecule has 1 fully saturated rings. The number of carbonyl (C=O) groups is 1. The van der Waals surface area contributed by atoms with E-state index in [1.165, 1.54) is 13.4 Å². The van der Waals surface area contributed by atoms with Crippen molar-refractivity contribution in [3.8, 4) is 0 Å². The number of carbonyl (C=O) groups excluding carboxylic acids is 1. The van der Waals surface area contributed by atoms with Crippen LogP contribution in [0.15, 0.2) is 36.9 Å². The van der Waals surface area contributed by atoms with Crippen LogP contribution in [0, 0.1) is 11.3 Å². The molecule has 0 radical (unpaired) electrons. The van der Waals surface area contributed by atoms with Crippen molar-refractivity contribution in [2.45, 2.75) is 38.3 Å². The van der Waals surface area contributed by atoms with E-state index in [0.29, 0.717) is 17.9 Å². The van der Waals surface area contributed by atoms with Crippen molar-refractivity contribution in [3.63, 3.8) is 0 Å². The van der Waals surface area contributed by atoms with Gasteiger partial charge < -0.3 is 9.84 Å². The lowest BCUT2D eigenvalue weighted by molar-refractivity contribution is -0.173. The molecule has 134 valence electrons. The minimum absolute atomic E-state index is 0.109. The number of nitrogens with zero attached hydrogens (tertiary/aromatic N) is 3. The first-order valence-electron chi connectivity index (χ1n) is 8.27. The molecule has 7 heteroatoms. The first-order valence-corrected chi connectivity index (χ1v) is 8.64. The van der Waals surface area contributed by atoms with E-state index in [1.807, 2.05) is 24.3 Å². The summed E-state index contributed by atoms with van der Waals surface area (Å²) in [5, 5.41) is 16.4. The Hall–Kier alpha value is -1.92. The zero-order valence-corrected chi connectivity index (χ0v) is 15.1. The number of rotatable bonds is 5. The van der Waals surface area contributed by atoms with Crippen LogP contribution in [0.2, 0.25) is 5.02 Å². The van der Waals surface area contributed by atoms with Gasteiger partial charge in [-0.2, -0.15) is 5.10 Å². The van der Waals surface area contributed by atoms with E-state index >= 15 is 0 Å². The summed E-state index contributed by atoms with van der Waals surface area (Å²) in [6, 6.07) is 7.57. The molecule has 6 nitrogen and oxygen atoms in total. The van der Waals surface area contributed by atoms with Crippen molar-refractivity contribution in [2.24, 2.45) is 11.3 Å². The fraction of sp³-hybridized carbons (Fsp3) is 0.500. The Morgan fingerprint density at radius 2 is 2.16 bits per heavy atom. The average molecular weight is 364 g/mol. The molecule has 3 atom stereocenters. The molecule has 1 aromatic carbocycles. The molecule has 1 aliphatic carbocycles. The normalized spacial score (nSPS) is 28.9. The predicted octanol–water partition coefficient (Wildman–Crippen LogP) is 2.49. The molecule has 3 rings (SSSR count). The van der Waals surface area contributed by atoms with Gasteiger partial charge >= 0.3 is 5.97 Å². The van der Waals surface area contributed by atoms with Crippen LogP contribution in [-0.4, -0.2) is 38.6 Å². The molecule has 0 unspecified atom stereocenters. The number of hydrogen-bond donors (Lipinski definition) is 1. The Bertz CT molecular complexity index is 735. The highest BCUT2D eigenvalue weighted by Crippen LogP contribution is 2.52. The van der Waals surface area contributed by atoms with Gasteiger partial charge in [0.25, 0.3) is 0 Å².